The minimum Gasteiger partial charge on any atom is -0.353 e. The Kier molecular flexibility index (Phi) is 4.98. The van der Waals surface area contributed by atoms with Crippen molar-refractivity contribution in [3.8, 4) is 0 Å². The lowest BCUT2D eigenvalue weighted by Gasteiger charge is -2.35. The van der Waals surface area contributed by atoms with Crippen LogP contribution in [0.15, 0.2) is 48.7 Å². The number of nitrogens with zero attached hydrogens (tertiary/aromatic N) is 3. The van der Waals surface area contributed by atoms with Crippen molar-refractivity contribution in [1.29, 1.82) is 0 Å². The van der Waals surface area contributed by atoms with Gasteiger partial charge in [-0.25, -0.2) is 9.78 Å². The smallest absolute Gasteiger partial charge is 0.317 e. The Morgan fingerprint density at radius 2 is 1.83 bits per heavy atom. The Morgan fingerprint density at radius 3 is 2.48 bits per heavy atom. The number of hydrogen-bond donors (Lipinski definition) is 1. The van der Waals surface area contributed by atoms with Gasteiger partial charge < -0.3 is 15.1 Å². The largest absolute Gasteiger partial charge is 0.353 e. The van der Waals surface area contributed by atoms with Gasteiger partial charge in [0.15, 0.2) is 0 Å². The zero-order chi connectivity index (χ0) is 16.1. The number of rotatable bonds is 3. The van der Waals surface area contributed by atoms with Crippen LogP contribution in [0, 0.1) is 0 Å². The summed E-state index contributed by atoms with van der Waals surface area (Å²) in [6, 6.07) is 13.3. The third-order valence-corrected chi connectivity index (χ3v) is 4.15. The van der Waals surface area contributed by atoms with Gasteiger partial charge in [0.05, 0.1) is 0 Å². The number of nitrogens with one attached hydrogen (secondary N) is 1. The van der Waals surface area contributed by atoms with Crippen LogP contribution in [0.3, 0.4) is 0 Å². The Morgan fingerprint density at radius 1 is 1.09 bits per heavy atom. The number of halogens is 1. The Hall–Kier alpha value is -2.27. The minimum absolute atomic E-state index is 0.0272. The van der Waals surface area contributed by atoms with E-state index in [1.807, 2.05) is 47.4 Å². The molecule has 2 heterocycles. The molecule has 1 aliphatic heterocycles. The van der Waals surface area contributed by atoms with Crippen molar-refractivity contribution in [3.05, 3.63) is 59.2 Å². The van der Waals surface area contributed by atoms with Gasteiger partial charge in [0.2, 0.25) is 0 Å². The molecule has 23 heavy (non-hydrogen) atoms. The molecule has 0 atom stereocenters. The van der Waals surface area contributed by atoms with Crippen LogP contribution in [0.25, 0.3) is 0 Å². The van der Waals surface area contributed by atoms with E-state index in [1.165, 1.54) is 0 Å². The standard InChI is InChI=1S/C17H19ClN4O/c18-15-6-4-14(5-7-15)13-20-17(23)22-11-9-21(10-12-22)16-3-1-2-8-19-16/h1-8H,9-13H2,(H,20,23). The molecule has 120 valence electrons. The monoisotopic (exact) mass is 330 g/mol. The summed E-state index contributed by atoms with van der Waals surface area (Å²) in [4.78, 5) is 20.6. The number of benzene rings is 1. The summed E-state index contributed by atoms with van der Waals surface area (Å²) >= 11 is 5.85. The summed E-state index contributed by atoms with van der Waals surface area (Å²) in [5.74, 6) is 0.966. The second-order valence-corrected chi connectivity index (χ2v) is 5.88. The fraction of sp³-hybridized carbons (Fsp3) is 0.294. The molecule has 1 saturated heterocycles. The van der Waals surface area contributed by atoms with Gasteiger partial charge in [0.25, 0.3) is 0 Å². The summed E-state index contributed by atoms with van der Waals surface area (Å²) in [6.45, 7) is 3.50. The van der Waals surface area contributed by atoms with Crippen LogP contribution in [0.4, 0.5) is 10.6 Å². The zero-order valence-corrected chi connectivity index (χ0v) is 13.5. The lowest BCUT2D eigenvalue weighted by Crippen LogP contribution is -2.51. The van der Waals surface area contributed by atoms with Crippen molar-refractivity contribution < 1.29 is 4.79 Å². The van der Waals surface area contributed by atoms with E-state index >= 15 is 0 Å². The Bertz CT molecular complexity index is 639. The fourth-order valence-corrected chi connectivity index (χ4v) is 2.70. The molecule has 1 N–H and O–H groups in total. The Balaban J connectivity index is 1.47. The van der Waals surface area contributed by atoms with E-state index in [-0.39, 0.29) is 6.03 Å². The highest BCUT2D eigenvalue weighted by atomic mass is 35.5. The third-order valence-electron chi connectivity index (χ3n) is 3.90. The number of anilines is 1. The van der Waals surface area contributed by atoms with E-state index in [1.54, 1.807) is 6.20 Å². The molecule has 0 saturated carbocycles. The predicted molar refractivity (Wildman–Crippen MR) is 91.7 cm³/mol. The van der Waals surface area contributed by atoms with Crippen LogP contribution >= 0.6 is 11.6 Å². The number of amides is 2. The molecule has 1 aromatic carbocycles. The molecule has 0 aliphatic carbocycles. The number of carbonyl (C=O) groups is 1. The summed E-state index contributed by atoms with van der Waals surface area (Å²) in [5.41, 5.74) is 1.04. The number of pyridine rings is 1. The van der Waals surface area contributed by atoms with E-state index in [9.17, 15) is 4.79 Å². The van der Waals surface area contributed by atoms with Crippen molar-refractivity contribution in [1.82, 2.24) is 15.2 Å². The van der Waals surface area contributed by atoms with Crippen LogP contribution < -0.4 is 10.2 Å². The lowest BCUT2D eigenvalue weighted by molar-refractivity contribution is 0.194. The molecule has 0 radical (unpaired) electrons. The first-order valence-corrected chi connectivity index (χ1v) is 8.03. The highest BCUT2D eigenvalue weighted by molar-refractivity contribution is 6.30. The van der Waals surface area contributed by atoms with Crippen molar-refractivity contribution in [2.75, 3.05) is 31.1 Å². The summed E-state index contributed by atoms with van der Waals surface area (Å²) in [7, 11) is 0. The number of urea groups is 1. The van der Waals surface area contributed by atoms with Crippen molar-refractivity contribution in [2.24, 2.45) is 0 Å². The van der Waals surface area contributed by atoms with Crippen LogP contribution in [-0.2, 0) is 6.54 Å². The highest BCUT2D eigenvalue weighted by Crippen LogP contribution is 2.13. The summed E-state index contributed by atoms with van der Waals surface area (Å²) < 4.78 is 0. The average Bonchev–Trinajstić information content (AvgIpc) is 2.62. The van der Waals surface area contributed by atoms with Gasteiger partial charge in [-0.1, -0.05) is 29.8 Å². The highest BCUT2D eigenvalue weighted by Gasteiger charge is 2.21. The molecule has 1 fully saturated rings. The van der Waals surface area contributed by atoms with E-state index < -0.39 is 0 Å². The van der Waals surface area contributed by atoms with Crippen molar-refractivity contribution in [2.45, 2.75) is 6.54 Å². The number of piperazine rings is 1. The molecule has 1 aliphatic rings. The first-order chi connectivity index (χ1) is 11.2. The lowest BCUT2D eigenvalue weighted by atomic mass is 10.2. The molecule has 2 aromatic rings. The van der Waals surface area contributed by atoms with E-state index in [2.05, 4.69) is 15.2 Å². The maximum absolute atomic E-state index is 12.2. The van der Waals surface area contributed by atoms with Crippen LogP contribution in [0.1, 0.15) is 5.56 Å². The first kappa shape index (κ1) is 15.6. The quantitative estimate of drug-likeness (QED) is 0.941. The van der Waals surface area contributed by atoms with Crippen LogP contribution in [0.2, 0.25) is 5.02 Å². The van der Waals surface area contributed by atoms with Crippen molar-refractivity contribution in [3.63, 3.8) is 0 Å². The molecular weight excluding hydrogens is 312 g/mol. The van der Waals surface area contributed by atoms with E-state index in [0.29, 0.717) is 24.7 Å². The molecular formula is C17H19ClN4O. The predicted octanol–water partition coefficient (Wildman–Crippen LogP) is 2.77. The molecule has 3 rings (SSSR count). The minimum atomic E-state index is -0.0272. The molecule has 5 nitrogen and oxygen atoms in total. The SMILES string of the molecule is O=C(NCc1ccc(Cl)cc1)N1CCN(c2ccccn2)CC1. The molecule has 0 bridgehead atoms. The van der Waals surface area contributed by atoms with Gasteiger partial charge in [0, 0.05) is 43.9 Å². The molecule has 6 heteroatoms. The van der Waals surface area contributed by atoms with Gasteiger partial charge in [-0.2, -0.15) is 0 Å². The number of aromatic nitrogens is 1. The maximum atomic E-state index is 12.2. The first-order valence-electron chi connectivity index (χ1n) is 7.65. The van der Waals surface area contributed by atoms with E-state index in [4.69, 9.17) is 11.6 Å². The number of hydrogen-bond acceptors (Lipinski definition) is 3. The number of carbonyl (C=O) groups excluding carboxylic acids is 1. The van der Waals surface area contributed by atoms with E-state index in [0.717, 1.165) is 24.5 Å². The van der Waals surface area contributed by atoms with Gasteiger partial charge in [-0.15, -0.1) is 0 Å². The molecule has 0 unspecified atom stereocenters. The second-order valence-electron chi connectivity index (χ2n) is 5.45. The summed E-state index contributed by atoms with van der Waals surface area (Å²) in [5, 5.41) is 3.65. The fourth-order valence-electron chi connectivity index (χ4n) is 2.57. The van der Waals surface area contributed by atoms with Gasteiger partial charge >= 0.3 is 6.03 Å². The van der Waals surface area contributed by atoms with Gasteiger partial charge in [0.1, 0.15) is 5.82 Å². The zero-order valence-electron chi connectivity index (χ0n) is 12.8. The Labute approximate surface area is 140 Å². The molecule has 2 amide bonds. The van der Waals surface area contributed by atoms with Gasteiger partial charge in [-0.05, 0) is 29.8 Å². The average molecular weight is 331 g/mol. The van der Waals surface area contributed by atoms with Crippen LogP contribution in [-0.4, -0.2) is 42.1 Å². The maximum Gasteiger partial charge on any atom is 0.317 e. The van der Waals surface area contributed by atoms with Gasteiger partial charge in [-0.3, -0.25) is 0 Å². The third kappa shape index (κ3) is 4.13. The molecule has 0 spiro atoms. The summed E-state index contributed by atoms with van der Waals surface area (Å²) in [6.07, 6.45) is 1.79. The van der Waals surface area contributed by atoms with Crippen LogP contribution in [0.5, 0.6) is 0 Å². The van der Waals surface area contributed by atoms with Crippen molar-refractivity contribution >= 4 is 23.4 Å². The topological polar surface area (TPSA) is 48.5 Å². The second kappa shape index (κ2) is 7.33. The molecule has 1 aromatic heterocycles. The normalized spacial score (nSPS) is 14.7.